The Kier molecular flexibility index (Phi) is 6.21. The summed E-state index contributed by atoms with van der Waals surface area (Å²) in [7, 11) is 0. The van der Waals surface area contributed by atoms with Gasteiger partial charge in [0.15, 0.2) is 0 Å². The van der Waals surface area contributed by atoms with E-state index in [4.69, 9.17) is 11.5 Å². The maximum atomic E-state index is 6.14. The Morgan fingerprint density at radius 1 is 0.588 bits per heavy atom. The zero-order valence-electron chi connectivity index (χ0n) is 9.24. The molecule has 0 amide bonds. The van der Waals surface area contributed by atoms with Gasteiger partial charge in [0, 0.05) is 0 Å². The first-order valence-electron chi connectivity index (χ1n) is 4.90. The van der Waals surface area contributed by atoms with Crippen molar-refractivity contribution >= 4 is 24.8 Å². The first kappa shape index (κ1) is 15.9. The van der Waals surface area contributed by atoms with Gasteiger partial charge in [0.2, 0.25) is 0 Å². The maximum Gasteiger partial charge on any atom is 0.116 e. The lowest BCUT2D eigenvalue weighted by atomic mass is 9.93. The molecular formula is C13H16Cl2N2. The normalized spacial score (nSPS) is 10.0. The Hall–Kier alpha value is -1.06. The first-order chi connectivity index (χ1) is 7.21. The Labute approximate surface area is 114 Å². The second-order valence-electron chi connectivity index (χ2n) is 3.60. The van der Waals surface area contributed by atoms with Crippen molar-refractivity contribution in [1.29, 1.82) is 0 Å². The van der Waals surface area contributed by atoms with Crippen LogP contribution in [0, 0.1) is 0 Å². The van der Waals surface area contributed by atoms with Crippen LogP contribution in [0.25, 0.3) is 0 Å². The van der Waals surface area contributed by atoms with E-state index in [0.717, 1.165) is 11.1 Å². The fourth-order valence-corrected chi connectivity index (χ4v) is 1.59. The van der Waals surface area contributed by atoms with E-state index in [1.807, 2.05) is 60.7 Å². The van der Waals surface area contributed by atoms with Gasteiger partial charge in [-0.3, -0.25) is 0 Å². The number of benzene rings is 2. The van der Waals surface area contributed by atoms with Gasteiger partial charge in [-0.2, -0.15) is 0 Å². The predicted octanol–water partition coefficient (Wildman–Crippen LogP) is 2.65. The Morgan fingerprint density at radius 3 is 1.18 bits per heavy atom. The lowest BCUT2D eigenvalue weighted by Crippen LogP contribution is -2.46. The number of nitrogens with two attached hydrogens (primary N) is 2. The number of rotatable bonds is 2. The molecule has 0 bridgehead atoms. The fraction of sp³-hybridized carbons (Fsp3) is 0.0769. The third-order valence-electron chi connectivity index (χ3n) is 2.50. The summed E-state index contributed by atoms with van der Waals surface area (Å²) in [5.74, 6) is 0. The minimum absolute atomic E-state index is 0. The van der Waals surface area contributed by atoms with E-state index in [9.17, 15) is 0 Å². The summed E-state index contributed by atoms with van der Waals surface area (Å²) in [6.45, 7) is 0. The van der Waals surface area contributed by atoms with Crippen molar-refractivity contribution in [3.05, 3.63) is 71.8 Å². The molecule has 0 fully saturated rings. The van der Waals surface area contributed by atoms with E-state index in [1.165, 1.54) is 0 Å². The SMILES string of the molecule is Cl.Cl.NC(N)(c1ccccc1)c1ccccc1. The van der Waals surface area contributed by atoms with Gasteiger partial charge in [0.05, 0.1) is 0 Å². The number of hydrogen-bond acceptors (Lipinski definition) is 2. The van der Waals surface area contributed by atoms with Gasteiger partial charge in [-0.15, -0.1) is 24.8 Å². The lowest BCUT2D eigenvalue weighted by Gasteiger charge is -2.25. The standard InChI is InChI=1S/C13H14N2.2ClH/c14-13(15,11-7-3-1-4-8-11)12-9-5-2-6-10-12;;/h1-10H,14-15H2;2*1H. The van der Waals surface area contributed by atoms with Crippen LogP contribution in [-0.4, -0.2) is 0 Å². The third-order valence-corrected chi connectivity index (χ3v) is 2.50. The highest BCUT2D eigenvalue weighted by atomic mass is 35.5. The molecule has 0 heterocycles. The molecule has 0 aliphatic carbocycles. The fourth-order valence-electron chi connectivity index (χ4n) is 1.59. The van der Waals surface area contributed by atoms with Gasteiger partial charge in [0.1, 0.15) is 5.66 Å². The topological polar surface area (TPSA) is 52.0 Å². The summed E-state index contributed by atoms with van der Waals surface area (Å²) in [5, 5.41) is 0. The second-order valence-corrected chi connectivity index (χ2v) is 3.60. The molecule has 17 heavy (non-hydrogen) atoms. The molecule has 4 heteroatoms. The lowest BCUT2D eigenvalue weighted by molar-refractivity contribution is 0.567. The minimum atomic E-state index is -0.914. The molecule has 0 atom stereocenters. The molecule has 0 spiro atoms. The molecule has 2 rings (SSSR count). The highest BCUT2D eigenvalue weighted by molar-refractivity contribution is 5.85. The quantitative estimate of drug-likeness (QED) is 0.825. The van der Waals surface area contributed by atoms with E-state index in [0.29, 0.717) is 0 Å². The maximum absolute atomic E-state index is 6.14. The Balaban J connectivity index is 0.00000128. The zero-order valence-corrected chi connectivity index (χ0v) is 10.9. The smallest absolute Gasteiger partial charge is 0.116 e. The summed E-state index contributed by atoms with van der Waals surface area (Å²) in [6.07, 6.45) is 0. The molecule has 2 nitrogen and oxygen atoms in total. The van der Waals surface area contributed by atoms with Crippen molar-refractivity contribution in [3.63, 3.8) is 0 Å². The van der Waals surface area contributed by atoms with Crippen molar-refractivity contribution in [1.82, 2.24) is 0 Å². The molecule has 0 saturated heterocycles. The van der Waals surface area contributed by atoms with Gasteiger partial charge in [-0.1, -0.05) is 60.7 Å². The zero-order chi connectivity index (χ0) is 10.7. The Morgan fingerprint density at radius 2 is 0.882 bits per heavy atom. The van der Waals surface area contributed by atoms with E-state index < -0.39 is 5.66 Å². The summed E-state index contributed by atoms with van der Waals surface area (Å²) >= 11 is 0. The van der Waals surface area contributed by atoms with Crippen molar-refractivity contribution in [2.24, 2.45) is 11.5 Å². The average Bonchev–Trinajstić information content (AvgIpc) is 2.31. The molecular weight excluding hydrogens is 255 g/mol. The molecule has 0 saturated carbocycles. The number of halogens is 2. The summed E-state index contributed by atoms with van der Waals surface area (Å²) in [6, 6.07) is 19.4. The Bertz CT molecular complexity index is 388. The van der Waals surface area contributed by atoms with Gasteiger partial charge in [0.25, 0.3) is 0 Å². The van der Waals surface area contributed by atoms with E-state index in [-0.39, 0.29) is 24.8 Å². The average molecular weight is 271 g/mol. The van der Waals surface area contributed by atoms with Crippen molar-refractivity contribution in [3.8, 4) is 0 Å². The van der Waals surface area contributed by atoms with Gasteiger partial charge in [-0.25, -0.2) is 0 Å². The van der Waals surface area contributed by atoms with Crippen LogP contribution in [0.1, 0.15) is 11.1 Å². The molecule has 2 aromatic carbocycles. The monoisotopic (exact) mass is 270 g/mol. The summed E-state index contributed by atoms with van der Waals surface area (Å²) in [5.41, 5.74) is 13.2. The minimum Gasteiger partial charge on any atom is -0.306 e. The van der Waals surface area contributed by atoms with Crippen LogP contribution in [0.3, 0.4) is 0 Å². The van der Waals surface area contributed by atoms with E-state index in [1.54, 1.807) is 0 Å². The van der Waals surface area contributed by atoms with Gasteiger partial charge < -0.3 is 11.5 Å². The second kappa shape index (κ2) is 6.62. The number of hydrogen-bond donors (Lipinski definition) is 2. The van der Waals surface area contributed by atoms with Crippen molar-refractivity contribution in [2.45, 2.75) is 5.66 Å². The molecule has 0 aromatic heterocycles. The van der Waals surface area contributed by atoms with Crippen LogP contribution in [0.2, 0.25) is 0 Å². The largest absolute Gasteiger partial charge is 0.306 e. The molecule has 2 aromatic rings. The molecule has 4 N–H and O–H groups in total. The van der Waals surface area contributed by atoms with Crippen molar-refractivity contribution < 1.29 is 0 Å². The van der Waals surface area contributed by atoms with Crippen LogP contribution in [0.5, 0.6) is 0 Å². The van der Waals surface area contributed by atoms with Gasteiger partial charge in [-0.05, 0) is 11.1 Å². The van der Waals surface area contributed by atoms with Crippen LogP contribution in [-0.2, 0) is 5.66 Å². The van der Waals surface area contributed by atoms with Crippen LogP contribution >= 0.6 is 24.8 Å². The molecule has 0 aliphatic rings. The van der Waals surface area contributed by atoms with Gasteiger partial charge >= 0.3 is 0 Å². The van der Waals surface area contributed by atoms with Crippen LogP contribution < -0.4 is 11.5 Å². The molecule has 0 unspecified atom stereocenters. The summed E-state index contributed by atoms with van der Waals surface area (Å²) in [4.78, 5) is 0. The van der Waals surface area contributed by atoms with E-state index in [2.05, 4.69) is 0 Å². The third kappa shape index (κ3) is 3.45. The molecule has 92 valence electrons. The van der Waals surface area contributed by atoms with Crippen LogP contribution in [0.15, 0.2) is 60.7 Å². The highest BCUT2D eigenvalue weighted by Crippen LogP contribution is 2.20. The summed E-state index contributed by atoms with van der Waals surface area (Å²) < 4.78 is 0. The first-order valence-corrected chi connectivity index (χ1v) is 4.90. The van der Waals surface area contributed by atoms with Crippen molar-refractivity contribution in [2.75, 3.05) is 0 Å². The molecule has 0 radical (unpaired) electrons. The van der Waals surface area contributed by atoms with E-state index >= 15 is 0 Å². The highest BCUT2D eigenvalue weighted by Gasteiger charge is 2.23. The van der Waals surface area contributed by atoms with Crippen LogP contribution in [0.4, 0.5) is 0 Å². The molecule has 0 aliphatic heterocycles. The predicted molar refractivity (Wildman–Crippen MR) is 76.5 cm³/mol.